The minimum Gasteiger partial charge on any atom is -0.465 e. The molecule has 1 aromatic carbocycles. The maximum atomic E-state index is 11.9. The average molecular weight is 302 g/mol. The minimum absolute atomic E-state index is 0.356. The first kappa shape index (κ1) is 16.2. The van der Waals surface area contributed by atoms with Crippen LogP contribution in [0.5, 0.6) is 0 Å². The van der Waals surface area contributed by atoms with Gasteiger partial charge in [0.15, 0.2) is 0 Å². The number of rotatable bonds is 7. The summed E-state index contributed by atoms with van der Waals surface area (Å²) in [6.07, 6.45) is 5.42. The number of aromatic nitrogens is 1. The topological polar surface area (TPSA) is 55.6 Å². The minimum atomic E-state index is -0.356. The Bertz CT molecular complexity index is 608. The van der Waals surface area contributed by atoms with Gasteiger partial charge in [0.25, 0.3) is 0 Å². The summed E-state index contributed by atoms with van der Waals surface area (Å²) in [4.78, 5) is 18.2. The van der Waals surface area contributed by atoms with Gasteiger partial charge >= 0.3 is 5.97 Å². The van der Waals surface area contributed by atoms with Crippen LogP contribution >= 0.6 is 0 Å². The molecule has 0 atom stereocenters. The Hall–Kier alpha value is -2.14. The molecule has 0 amide bonds. The zero-order chi connectivity index (χ0) is 15.9. The van der Waals surface area contributed by atoms with Gasteiger partial charge in [0, 0.05) is 12.1 Å². The highest BCUT2D eigenvalue weighted by Crippen LogP contribution is 2.22. The summed E-state index contributed by atoms with van der Waals surface area (Å²) in [5.74, 6) is 0.147. The van der Waals surface area contributed by atoms with Crippen LogP contribution in [0, 0.1) is 0 Å². The normalized spacial score (nSPS) is 10.9. The van der Waals surface area contributed by atoms with Gasteiger partial charge in [-0.05, 0) is 43.8 Å². The lowest BCUT2D eigenvalue weighted by Gasteiger charge is -2.17. The van der Waals surface area contributed by atoms with Crippen LogP contribution in [0.4, 0.5) is 0 Å². The number of carbonyl (C=O) groups is 1. The van der Waals surface area contributed by atoms with Crippen molar-refractivity contribution >= 4 is 5.97 Å². The molecule has 2 rings (SSSR count). The molecule has 2 aromatic rings. The third kappa shape index (κ3) is 4.18. The largest absolute Gasteiger partial charge is 0.465 e. The molecule has 0 aliphatic heterocycles. The van der Waals surface area contributed by atoms with Gasteiger partial charge in [-0.3, -0.25) is 0 Å². The number of methoxy groups -OCH3 is 1. The van der Waals surface area contributed by atoms with Crippen LogP contribution < -0.4 is 0 Å². The van der Waals surface area contributed by atoms with Crippen molar-refractivity contribution in [2.24, 2.45) is 0 Å². The maximum Gasteiger partial charge on any atom is 0.337 e. The summed E-state index contributed by atoms with van der Waals surface area (Å²) in [5, 5.41) is 0. The van der Waals surface area contributed by atoms with Crippen molar-refractivity contribution in [3.05, 3.63) is 41.8 Å². The van der Waals surface area contributed by atoms with Crippen LogP contribution in [0.25, 0.3) is 11.5 Å². The van der Waals surface area contributed by atoms with E-state index in [0.717, 1.165) is 37.1 Å². The van der Waals surface area contributed by atoms with Crippen molar-refractivity contribution in [2.75, 3.05) is 20.7 Å². The van der Waals surface area contributed by atoms with E-state index in [1.807, 2.05) is 12.1 Å². The van der Waals surface area contributed by atoms with Gasteiger partial charge < -0.3 is 14.1 Å². The molecule has 5 nitrogen and oxygen atoms in total. The van der Waals surface area contributed by atoms with Crippen LogP contribution in [0.1, 0.15) is 35.7 Å². The second-order valence-electron chi connectivity index (χ2n) is 5.34. The van der Waals surface area contributed by atoms with Crippen molar-refractivity contribution < 1.29 is 13.9 Å². The molecule has 0 fully saturated rings. The molecule has 1 aromatic heterocycles. The second-order valence-corrected chi connectivity index (χ2v) is 5.34. The highest BCUT2D eigenvalue weighted by atomic mass is 16.5. The Morgan fingerprint density at radius 1 is 1.36 bits per heavy atom. The lowest BCUT2D eigenvalue weighted by atomic mass is 10.0. The number of hydrogen-bond donors (Lipinski definition) is 0. The summed E-state index contributed by atoms with van der Waals surface area (Å²) in [7, 11) is 3.46. The highest BCUT2D eigenvalue weighted by Gasteiger charge is 2.13. The predicted octanol–water partition coefficient (Wildman–Crippen LogP) is 3.36. The molecule has 0 aliphatic rings. The summed E-state index contributed by atoms with van der Waals surface area (Å²) in [5.41, 5.74) is 2.33. The molecule has 0 bridgehead atoms. The lowest BCUT2D eigenvalue weighted by Crippen LogP contribution is -2.19. The Kier molecular flexibility index (Phi) is 5.72. The molecule has 0 aliphatic carbocycles. The smallest absolute Gasteiger partial charge is 0.337 e. The number of oxazole rings is 1. The molecule has 5 heteroatoms. The molecule has 118 valence electrons. The van der Waals surface area contributed by atoms with Crippen molar-refractivity contribution in [2.45, 2.75) is 26.3 Å². The zero-order valence-electron chi connectivity index (χ0n) is 13.3. The predicted molar refractivity (Wildman–Crippen MR) is 84.5 cm³/mol. The Labute approximate surface area is 130 Å². The standard InChI is InChI=1S/C17H22N2O3/c1-4-5-7-19(2)12-13-9-14(16-18-6-8-22-16)11-15(10-13)17(20)21-3/h6,8-11H,4-5,7,12H2,1-3H3. The molecule has 1 heterocycles. The van der Waals surface area contributed by atoms with Crippen molar-refractivity contribution in [3.63, 3.8) is 0 Å². The van der Waals surface area contributed by atoms with Crippen LogP contribution in [0.15, 0.2) is 35.1 Å². The summed E-state index contributed by atoms with van der Waals surface area (Å²) in [6.45, 7) is 3.96. The Morgan fingerprint density at radius 2 is 2.18 bits per heavy atom. The van der Waals surface area contributed by atoms with Gasteiger partial charge in [-0.15, -0.1) is 0 Å². The zero-order valence-corrected chi connectivity index (χ0v) is 13.3. The van der Waals surface area contributed by atoms with Crippen LogP contribution in [0.2, 0.25) is 0 Å². The molecule has 0 radical (unpaired) electrons. The lowest BCUT2D eigenvalue weighted by molar-refractivity contribution is 0.0600. The van der Waals surface area contributed by atoms with E-state index in [2.05, 4.69) is 23.9 Å². The second kappa shape index (κ2) is 7.75. The van der Waals surface area contributed by atoms with Crippen molar-refractivity contribution in [1.82, 2.24) is 9.88 Å². The Balaban J connectivity index is 2.28. The molecule has 0 spiro atoms. The first-order valence-corrected chi connectivity index (χ1v) is 7.44. The van der Waals surface area contributed by atoms with Gasteiger partial charge in [0.2, 0.25) is 5.89 Å². The maximum absolute atomic E-state index is 11.9. The first-order chi connectivity index (χ1) is 10.6. The van der Waals surface area contributed by atoms with Gasteiger partial charge in [0.1, 0.15) is 6.26 Å². The molecule has 0 N–H and O–H groups in total. The van der Waals surface area contributed by atoms with E-state index in [4.69, 9.17) is 9.15 Å². The SMILES string of the molecule is CCCCN(C)Cc1cc(C(=O)OC)cc(-c2ncco2)c1. The number of carbonyl (C=O) groups excluding carboxylic acids is 1. The molecule has 0 unspecified atom stereocenters. The molecule has 22 heavy (non-hydrogen) atoms. The van der Waals surface area contributed by atoms with Crippen LogP contribution in [-0.2, 0) is 11.3 Å². The number of ether oxygens (including phenoxy) is 1. The monoisotopic (exact) mass is 302 g/mol. The quantitative estimate of drug-likeness (QED) is 0.734. The van der Waals surface area contributed by atoms with E-state index < -0.39 is 0 Å². The summed E-state index contributed by atoms with van der Waals surface area (Å²) < 4.78 is 10.2. The van der Waals surface area contributed by atoms with Gasteiger partial charge in [-0.25, -0.2) is 9.78 Å². The average Bonchev–Trinajstić information content (AvgIpc) is 3.06. The van der Waals surface area contributed by atoms with Gasteiger partial charge in [-0.2, -0.15) is 0 Å². The van der Waals surface area contributed by atoms with Gasteiger partial charge in [0.05, 0.1) is 18.9 Å². The van der Waals surface area contributed by atoms with Crippen LogP contribution in [0.3, 0.4) is 0 Å². The van der Waals surface area contributed by atoms with Crippen LogP contribution in [-0.4, -0.2) is 36.6 Å². The number of hydrogen-bond acceptors (Lipinski definition) is 5. The third-order valence-corrected chi connectivity index (χ3v) is 3.44. The molecule has 0 saturated heterocycles. The Morgan fingerprint density at radius 3 is 2.82 bits per heavy atom. The fraction of sp³-hybridized carbons (Fsp3) is 0.412. The molecular weight excluding hydrogens is 280 g/mol. The van der Waals surface area contributed by atoms with E-state index >= 15 is 0 Å². The van der Waals surface area contributed by atoms with E-state index in [9.17, 15) is 4.79 Å². The fourth-order valence-electron chi connectivity index (χ4n) is 2.33. The van der Waals surface area contributed by atoms with E-state index in [0.29, 0.717) is 11.5 Å². The van der Waals surface area contributed by atoms with Crippen molar-refractivity contribution in [1.29, 1.82) is 0 Å². The first-order valence-electron chi connectivity index (χ1n) is 7.44. The third-order valence-electron chi connectivity index (χ3n) is 3.44. The summed E-state index contributed by atoms with van der Waals surface area (Å²) >= 11 is 0. The molecular formula is C17H22N2O3. The van der Waals surface area contributed by atoms with Gasteiger partial charge in [-0.1, -0.05) is 13.3 Å². The number of unbranched alkanes of at least 4 members (excludes halogenated alkanes) is 1. The number of esters is 1. The van der Waals surface area contributed by atoms with Crippen molar-refractivity contribution in [3.8, 4) is 11.5 Å². The highest BCUT2D eigenvalue weighted by molar-refractivity contribution is 5.91. The van der Waals surface area contributed by atoms with E-state index in [-0.39, 0.29) is 5.97 Å². The fourth-order valence-corrected chi connectivity index (χ4v) is 2.33. The molecule has 0 saturated carbocycles. The van der Waals surface area contributed by atoms with E-state index in [1.54, 1.807) is 12.3 Å². The number of benzene rings is 1. The summed E-state index contributed by atoms with van der Waals surface area (Å²) in [6, 6.07) is 5.61. The number of nitrogens with zero attached hydrogens (tertiary/aromatic N) is 2. The van der Waals surface area contributed by atoms with E-state index in [1.165, 1.54) is 13.4 Å².